The van der Waals surface area contributed by atoms with Crippen molar-refractivity contribution in [1.82, 2.24) is 0 Å². The minimum Gasteiger partial charge on any atom is -0.104 e. The molecule has 0 nitrogen and oxygen atoms in total. The molecule has 2 aromatic rings. The minimum atomic E-state index is -0.919. The highest BCUT2D eigenvalue weighted by Gasteiger charge is 2.14. The summed E-state index contributed by atoms with van der Waals surface area (Å²) in [5.41, 5.74) is 0. The topological polar surface area (TPSA) is 0 Å². The first-order valence-corrected chi connectivity index (χ1v) is 7.29. The molecule has 2 rings (SSSR count). The Hall–Kier alpha value is -1.03. The second kappa shape index (κ2) is 4.46. The lowest BCUT2D eigenvalue weighted by molar-refractivity contribution is 1.72. The molecule has 0 saturated heterocycles. The van der Waals surface area contributed by atoms with Crippen LogP contribution < -0.4 is 8.85 Å². The van der Waals surface area contributed by atoms with Gasteiger partial charge in [0, 0.05) is 1.43 Å². The molecule has 14 heavy (non-hydrogen) atoms. The molecule has 0 heterocycles. The van der Waals surface area contributed by atoms with Crippen LogP contribution in [0.15, 0.2) is 60.7 Å². The molecule has 1 heteroatoms. The maximum Gasteiger partial charge on any atom is 0.342 e. The van der Waals surface area contributed by atoms with E-state index >= 15 is 0 Å². The Morgan fingerprint density at radius 3 is 1.43 bits per heavy atom. The van der Waals surface area contributed by atoms with Gasteiger partial charge >= 0.3 is 14.1 Å². The third-order valence-corrected chi connectivity index (χ3v) is 5.37. The molecule has 0 radical (unpaired) electrons. The maximum absolute atomic E-state index is 2.38. The van der Waals surface area contributed by atoms with Crippen molar-refractivity contribution < 1.29 is 1.43 Å². The number of rotatable bonds is 2. The van der Waals surface area contributed by atoms with E-state index in [1.165, 1.54) is 8.85 Å². The van der Waals surface area contributed by atoms with Gasteiger partial charge in [-0.05, 0) is 0 Å². The number of benzene rings is 2. The monoisotopic (exact) mass is 198 g/mol. The summed E-state index contributed by atoms with van der Waals surface area (Å²) < 4.78 is 3.03. The van der Waals surface area contributed by atoms with Gasteiger partial charge in [0.1, 0.15) is 0 Å². The molecule has 0 aromatic heterocycles. The highest BCUT2D eigenvalue weighted by Crippen LogP contribution is 1.91. The lowest BCUT2D eigenvalue weighted by Crippen LogP contribution is -2.38. The van der Waals surface area contributed by atoms with Gasteiger partial charge in [0.15, 0.2) is 0 Å². The van der Waals surface area contributed by atoms with Gasteiger partial charge in [0.05, 0.1) is 0 Å². The first-order chi connectivity index (χ1) is 6.88. The predicted octanol–water partition coefficient (Wildman–Crippen LogP) is 2.17. The van der Waals surface area contributed by atoms with Crippen molar-refractivity contribution in [3.63, 3.8) is 0 Å². The molecule has 0 N–H and O–H groups in total. The van der Waals surface area contributed by atoms with E-state index in [1.54, 1.807) is 0 Å². The van der Waals surface area contributed by atoms with Gasteiger partial charge in [-0.25, -0.2) is 0 Å². The summed E-state index contributed by atoms with van der Waals surface area (Å²) in [5, 5.41) is 0. The fourth-order valence-corrected chi connectivity index (χ4v) is 3.66. The molecule has 0 bridgehead atoms. The molecule has 0 spiro atoms. The zero-order valence-electron chi connectivity index (χ0n) is 8.35. The van der Waals surface area contributed by atoms with E-state index in [-0.39, 0.29) is 1.43 Å². The van der Waals surface area contributed by atoms with Crippen LogP contribution in [-0.4, -0.2) is 14.1 Å². The Kier molecular flexibility index (Phi) is 3.04. The van der Waals surface area contributed by atoms with Crippen molar-refractivity contribution in [1.29, 1.82) is 0 Å². The Morgan fingerprint density at radius 2 is 1.07 bits per heavy atom. The van der Waals surface area contributed by atoms with E-state index in [0.717, 1.165) is 0 Å². The van der Waals surface area contributed by atoms with Crippen molar-refractivity contribution >= 4 is 23.0 Å². The third kappa shape index (κ3) is 2.07. The lowest BCUT2D eigenvalue weighted by atomic mass is 10.4. The van der Waals surface area contributed by atoms with Crippen LogP contribution in [0.2, 0.25) is 5.79 Å². The molecule has 0 amide bonds. The molecule has 2 aromatic carbocycles. The molecule has 0 aliphatic carbocycles. The van der Waals surface area contributed by atoms with Gasteiger partial charge in [0.2, 0.25) is 0 Å². The van der Waals surface area contributed by atoms with Crippen molar-refractivity contribution in [2.45, 2.75) is 5.79 Å². The molecule has 0 atom stereocenters. The van der Waals surface area contributed by atoms with E-state index in [1.807, 2.05) is 0 Å². The summed E-state index contributed by atoms with van der Waals surface area (Å²) in [6.07, 6.45) is 0. The largest absolute Gasteiger partial charge is 0.342 e. The average Bonchev–Trinajstić information content (AvgIpc) is 2.30. The van der Waals surface area contributed by atoms with E-state index in [9.17, 15) is 0 Å². The molecule has 0 aliphatic heterocycles. The van der Waals surface area contributed by atoms with Gasteiger partial charge in [-0.3, -0.25) is 0 Å². The Bertz CT molecular complexity index is 346. The summed E-state index contributed by atoms with van der Waals surface area (Å²) in [6.45, 7) is 0. The molecule has 0 aliphatic rings. The Labute approximate surface area is 91.1 Å². The standard InChI is InChI=1S/2C6H5.CH3.Al.H2/c2*1-2-4-6-5-3-1;;;/h2*1-5H;1H3;;1H. The molecule has 70 valence electrons. The van der Waals surface area contributed by atoms with Gasteiger partial charge in [-0.1, -0.05) is 66.4 Å². The Balaban J connectivity index is 0.00000112. The average molecular weight is 198 g/mol. The van der Waals surface area contributed by atoms with Crippen molar-refractivity contribution in [3.05, 3.63) is 60.7 Å². The summed E-state index contributed by atoms with van der Waals surface area (Å²) in [6, 6.07) is 21.6. The Morgan fingerprint density at radius 1 is 0.714 bits per heavy atom. The minimum absolute atomic E-state index is 0. The van der Waals surface area contributed by atoms with Crippen LogP contribution >= 0.6 is 0 Å². The molecular formula is C13H15Al. The third-order valence-electron chi connectivity index (χ3n) is 2.60. The van der Waals surface area contributed by atoms with E-state index in [4.69, 9.17) is 0 Å². The molecule has 0 saturated carbocycles. The smallest absolute Gasteiger partial charge is 0.104 e. The SMILES string of the molecule is [CH3][Al]([c]1ccccc1)[c]1ccccc1.[HH]. The fraction of sp³-hybridized carbons (Fsp3) is 0.0769. The van der Waals surface area contributed by atoms with Gasteiger partial charge in [-0.2, -0.15) is 0 Å². The van der Waals surface area contributed by atoms with Crippen LogP contribution in [0.5, 0.6) is 0 Å². The first kappa shape index (κ1) is 9.52. The number of hydrogen-bond acceptors (Lipinski definition) is 0. The zero-order valence-corrected chi connectivity index (χ0v) is 9.51. The van der Waals surface area contributed by atoms with Gasteiger partial charge in [-0.15, -0.1) is 8.85 Å². The van der Waals surface area contributed by atoms with Gasteiger partial charge < -0.3 is 0 Å². The highest BCUT2D eigenvalue weighted by molar-refractivity contribution is 6.84. The number of hydrogen-bond donors (Lipinski definition) is 0. The highest BCUT2D eigenvalue weighted by atomic mass is 27.2. The summed E-state index contributed by atoms with van der Waals surface area (Å²) in [4.78, 5) is 0. The van der Waals surface area contributed by atoms with E-state index in [0.29, 0.717) is 0 Å². The zero-order chi connectivity index (χ0) is 9.80. The molecular weight excluding hydrogens is 183 g/mol. The second-order valence-electron chi connectivity index (χ2n) is 3.54. The quantitative estimate of drug-likeness (QED) is 0.649. The van der Waals surface area contributed by atoms with Crippen LogP contribution in [-0.2, 0) is 0 Å². The normalized spacial score (nSPS) is 9.79. The second-order valence-corrected chi connectivity index (χ2v) is 6.32. The lowest BCUT2D eigenvalue weighted by Gasteiger charge is -2.06. The first-order valence-electron chi connectivity index (χ1n) is 4.98. The van der Waals surface area contributed by atoms with Crippen LogP contribution in [0.3, 0.4) is 0 Å². The molecule has 0 unspecified atom stereocenters. The van der Waals surface area contributed by atoms with E-state index < -0.39 is 14.1 Å². The van der Waals surface area contributed by atoms with Gasteiger partial charge in [0.25, 0.3) is 0 Å². The van der Waals surface area contributed by atoms with Crippen molar-refractivity contribution in [2.24, 2.45) is 0 Å². The van der Waals surface area contributed by atoms with Crippen LogP contribution in [0, 0.1) is 0 Å². The predicted molar refractivity (Wildman–Crippen MR) is 65.9 cm³/mol. The van der Waals surface area contributed by atoms with Crippen LogP contribution in [0.25, 0.3) is 0 Å². The summed E-state index contributed by atoms with van der Waals surface area (Å²) in [7, 11) is 0. The maximum atomic E-state index is 2.38. The summed E-state index contributed by atoms with van der Waals surface area (Å²) >= 11 is -0.919. The van der Waals surface area contributed by atoms with E-state index in [2.05, 4.69) is 66.4 Å². The summed E-state index contributed by atoms with van der Waals surface area (Å²) in [5.74, 6) is 2.38. The van der Waals surface area contributed by atoms with Crippen LogP contribution in [0.4, 0.5) is 0 Å². The fourth-order valence-electron chi connectivity index (χ4n) is 1.68. The van der Waals surface area contributed by atoms with Crippen molar-refractivity contribution in [3.8, 4) is 0 Å². The molecule has 0 fully saturated rings. The van der Waals surface area contributed by atoms with Crippen molar-refractivity contribution in [2.75, 3.05) is 0 Å². The van der Waals surface area contributed by atoms with Crippen LogP contribution in [0.1, 0.15) is 1.43 Å².